The van der Waals surface area contributed by atoms with Crippen LogP contribution in [0.15, 0.2) is 17.2 Å². The predicted molar refractivity (Wildman–Crippen MR) is 109 cm³/mol. The van der Waals surface area contributed by atoms with E-state index < -0.39 is 16.0 Å². The van der Waals surface area contributed by atoms with Gasteiger partial charge in [-0.2, -0.15) is 4.31 Å². The molecule has 10 heteroatoms. The maximum atomic E-state index is 13.3. The Bertz CT molecular complexity index is 831. The van der Waals surface area contributed by atoms with Crippen LogP contribution in [0, 0.1) is 0 Å². The Morgan fingerprint density at radius 2 is 1.97 bits per heavy atom. The monoisotopic (exact) mass is 426 g/mol. The minimum Gasteiger partial charge on any atom is -0.465 e. The van der Waals surface area contributed by atoms with Crippen LogP contribution < -0.4 is 5.32 Å². The molecule has 1 aromatic rings. The van der Waals surface area contributed by atoms with Gasteiger partial charge in [0.05, 0.1) is 25.9 Å². The Morgan fingerprint density at radius 1 is 1.31 bits per heavy atom. The van der Waals surface area contributed by atoms with Crippen LogP contribution in [0.25, 0.3) is 0 Å². The molecule has 1 aliphatic carbocycles. The third kappa shape index (κ3) is 4.55. The fraction of sp³-hybridized carbons (Fsp3) is 0.684. The number of esters is 1. The lowest BCUT2D eigenvalue weighted by molar-refractivity contribution is 0.0600. The zero-order valence-corrected chi connectivity index (χ0v) is 18.1. The highest BCUT2D eigenvalue weighted by molar-refractivity contribution is 7.89. The van der Waals surface area contributed by atoms with Gasteiger partial charge in [-0.3, -0.25) is 0 Å². The molecule has 1 N–H and O–H groups in total. The number of sulfonamides is 1. The topological polar surface area (TPSA) is 101 Å². The summed E-state index contributed by atoms with van der Waals surface area (Å²) in [6.07, 6.45) is 5.72. The number of nitrogens with zero attached hydrogens (tertiary/aromatic N) is 3. The Kier molecular flexibility index (Phi) is 6.77. The first-order chi connectivity index (χ1) is 13.8. The van der Waals surface area contributed by atoms with Crippen molar-refractivity contribution < 1.29 is 22.7 Å². The summed E-state index contributed by atoms with van der Waals surface area (Å²) in [7, 11) is 1.52. The largest absolute Gasteiger partial charge is 0.465 e. The van der Waals surface area contributed by atoms with Gasteiger partial charge >= 0.3 is 5.97 Å². The molecule has 1 saturated carbocycles. The molecule has 0 bridgehead atoms. The van der Waals surface area contributed by atoms with E-state index in [0.29, 0.717) is 19.8 Å². The van der Waals surface area contributed by atoms with Gasteiger partial charge in [-0.25, -0.2) is 18.2 Å². The summed E-state index contributed by atoms with van der Waals surface area (Å²) in [5, 5.41) is 3.26. The zero-order valence-electron chi connectivity index (χ0n) is 17.3. The van der Waals surface area contributed by atoms with Gasteiger partial charge in [0.2, 0.25) is 10.0 Å². The van der Waals surface area contributed by atoms with Crippen LogP contribution in [-0.2, 0) is 19.5 Å². The van der Waals surface area contributed by atoms with E-state index in [2.05, 4.69) is 15.2 Å². The van der Waals surface area contributed by atoms with E-state index in [1.54, 1.807) is 0 Å². The van der Waals surface area contributed by atoms with Crippen molar-refractivity contribution in [2.75, 3.05) is 59.4 Å². The van der Waals surface area contributed by atoms with Crippen LogP contribution in [0.2, 0.25) is 0 Å². The smallest absolute Gasteiger partial charge is 0.339 e. The first-order valence-electron chi connectivity index (χ1n) is 9.88. The van der Waals surface area contributed by atoms with Crippen LogP contribution in [0.1, 0.15) is 36.0 Å². The van der Waals surface area contributed by atoms with E-state index in [0.717, 1.165) is 25.7 Å². The number of carbonyl (C=O) groups is 1. The minimum absolute atomic E-state index is 0.00537. The summed E-state index contributed by atoms with van der Waals surface area (Å²) in [5.41, 5.74) is 0.0657. The Labute approximate surface area is 172 Å². The van der Waals surface area contributed by atoms with E-state index in [9.17, 15) is 13.2 Å². The van der Waals surface area contributed by atoms with Gasteiger partial charge in [0.25, 0.3) is 0 Å². The third-order valence-electron chi connectivity index (χ3n) is 5.93. The number of hydrogen-bond acceptors (Lipinski definition) is 8. The van der Waals surface area contributed by atoms with E-state index >= 15 is 0 Å². The molecule has 3 rings (SSSR count). The Morgan fingerprint density at radius 3 is 2.55 bits per heavy atom. The molecule has 0 radical (unpaired) electrons. The molecule has 1 saturated heterocycles. The molecule has 1 aliphatic heterocycles. The van der Waals surface area contributed by atoms with Crippen molar-refractivity contribution in [2.45, 2.75) is 36.1 Å². The van der Waals surface area contributed by atoms with Crippen LogP contribution in [0.4, 0.5) is 5.82 Å². The summed E-state index contributed by atoms with van der Waals surface area (Å²) < 4.78 is 38.0. The molecule has 1 aromatic heterocycles. The standard InChI is InChI=1S/C19H30N4O5S/c1-22(2)19(6-4-5-7-19)14-21-17-16(12-15(13-20-17)18(24)27-3)29(25,26)23-8-10-28-11-9-23/h12-13H,4-11,14H2,1-3H3,(H,20,21). The van der Waals surface area contributed by atoms with Crippen molar-refractivity contribution in [3.05, 3.63) is 17.8 Å². The van der Waals surface area contributed by atoms with Gasteiger partial charge in [-0.05, 0) is 33.0 Å². The Balaban J connectivity index is 1.94. The van der Waals surface area contributed by atoms with Crippen molar-refractivity contribution in [2.24, 2.45) is 0 Å². The first kappa shape index (κ1) is 21.9. The Hall–Kier alpha value is -1.75. The van der Waals surface area contributed by atoms with E-state index in [4.69, 9.17) is 9.47 Å². The molecule has 0 unspecified atom stereocenters. The molecule has 29 heavy (non-hydrogen) atoms. The van der Waals surface area contributed by atoms with E-state index in [-0.39, 0.29) is 34.9 Å². The maximum Gasteiger partial charge on any atom is 0.339 e. The fourth-order valence-corrected chi connectivity index (χ4v) is 5.55. The number of rotatable bonds is 7. The zero-order chi connectivity index (χ0) is 21.1. The number of morpholine rings is 1. The number of pyridine rings is 1. The number of methoxy groups -OCH3 is 1. The SMILES string of the molecule is COC(=O)c1cnc(NCC2(N(C)C)CCCC2)c(S(=O)(=O)N2CCOCC2)c1. The summed E-state index contributed by atoms with van der Waals surface area (Å²) in [6.45, 7) is 1.81. The van der Waals surface area contributed by atoms with Crippen molar-refractivity contribution >= 4 is 21.8 Å². The first-order valence-corrected chi connectivity index (χ1v) is 11.3. The average Bonchev–Trinajstić information content (AvgIpc) is 3.22. The highest BCUT2D eigenvalue weighted by Gasteiger charge is 2.37. The quantitative estimate of drug-likeness (QED) is 0.649. The number of aromatic nitrogens is 1. The van der Waals surface area contributed by atoms with Crippen molar-refractivity contribution in [1.29, 1.82) is 0 Å². The average molecular weight is 427 g/mol. The summed E-state index contributed by atoms with van der Waals surface area (Å²) in [4.78, 5) is 18.5. The van der Waals surface area contributed by atoms with Gasteiger partial charge in [-0.15, -0.1) is 0 Å². The van der Waals surface area contributed by atoms with Crippen LogP contribution in [0.5, 0.6) is 0 Å². The van der Waals surface area contributed by atoms with Gasteiger partial charge in [0, 0.05) is 31.4 Å². The lowest BCUT2D eigenvalue weighted by atomic mass is 9.96. The fourth-order valence-electron chi connectivity index (χ4n) is 3.99. The van der Waals surface area contributed by atoms with Crippen molar-refractivity contribution in [1.82, 2.24) is 14.2 Å². The number of likely N-dealkylation sites (N-methyl/N-ethyl adjacent to an activating group) is 1. The summed E-state index contributed by atoms with van der Waals surface area (Å²) in [6, 6.07) is 1.35. The number of hydrogen-bond donors (Lipinski definition) is 1. The molecule has 9 nitrogen and oxygen atoms in total. The van der Waals surface area contributed by atoms with Crippen molar-refractivity contribution in [3.8, 4) is 0 Å². The predicted octanol–water partition coefficient (Wildman–Crippen LogP) is 1.18. The summed E-state index contributed by atoms with van der Waals surface area (Å²) >= 11 is 0. The molecular weight excluding hydrogens is 396 g/mol. The molecule has 0 spiro atoms. The number of carbonyl (C=O) groups excluding carboxylic acids is 1. The van der Waals surface area contributed by atoms with Gasteiger partial charge in [0.15, 0.2) is 0 Å². The van der Waals surface area contributed by atoms with Crippen molar-refractivity contribution in [3.63, 3.8) is 0 Å². The normalized spacial score (nSPS) is 20.0. The molecule has 2 fully saturated rings. The molecule has 0 aromatic carbocycles. The molecular formula is C19H30N4O5S. The van der Waals surface area contributed by atoms with Gasteiger partial charge in [-0.1, -0.05) is 12.8 Å². The maximum absolute atomic E-state index is 13.3. The number of ether oxygens (including phenoxy) is 2. The van der Waals surface area contributed by atoms with E-state index in [1.165, 1.54) is 23.7 Å². The van der Waals surface area contributed by atoms with Gasteiger partial charge in [0.1, 0.15) is 10.7 Å². The number of anilines is 1. The second-order valence-electron chi connectivity index (χ2n) is 7.76. The molecule has 2 heterocycles. The molecule has 2 aliphatic rings. The third-order valence-corrected chi connectivity index (χ3v) is 7.84. The lowest BCUT2D eigenvalue weighted by Crippen LogP contribution is -2.47. The van der Waals surface area contributed by atoms with Crippen LogP contribution >= 0.6 is 0 Å². The van der Waals surface area contributed by atoms with E-state index in [1.807, 2.05) is 14.1 Å². The highest BCUT2D eigenvalue weighted by atomic mass is 32.2. The summed E-state index contributed by atoms with van der Waals surface area (Å²) in [5.74, 6) is -0.361. The second-order valence-corrected chi connectivity index (χ2v) is 9.66. The number of nitrogens with one attached hydrogen (secondary N) is 1. The molecule has 162 valence electrons. The van der Waals surface area contributed by atoms with Gasteiger partial charge < -0.3 is 19.7 Å². The minimum atomic E-state index is -3.84. The van der Waals surface area contributed by atoms with Crippen LogP contribution in [0.3, 0.4) is 0 Å². The lowest BCUT2D eigenvalue weighted by Gasteiger charge is -2.37. The second kappa shape index (κ2) is 8.95. The molecule has 0 atom stereocenters. The molecule has 0 amide bonds. The van der Waals surface area contributed by atoms with Crippen LogP contribution in [-0.4, -0.2) is 88.2 Å². The highest BCUT2D eigenvalue weighted by Crippen LogP contribution is 2.34.